The number of hydrogen-bond acceptors (Lipinski definition) is 0. The van der Waals surface area contributed by atoms with Crippen LogP contribution in [0.15, 0.2) is 42.5 Å². The van der Waals surface area contributed by atoms with E-state index >= 15 is 0 Å². The highest BCUT2D eigenvalue weighted by molar-refractivity contribution is 5.86. The molecule has 0 aliphatic heterocycles. The molecule has 0 N–H and O–H groups in total. The lowest BCUT2D eigenvalue weighted by Crippen LogP contribution is -2.38. The highest BCUT2D eigenvalue weighted by Gasteiger charge is 2.62. The minimum atomic E-state index is -5.74. The van der Waals surface area contributed by atoms with Gasteiger partial charge in [0.1, 0.15) is 5.56 Å². The Bertz CT molecular complexity index is 1010. The van der Waals surface area contributed by atoms with E-state index < -0.39 is 52.1 Å². The first-order valence-corrected chi connectivity index (χ1v) is 7.27. The van der Waals surface area contributed by atoms with E-state index in [-0.39, 0.29) is 10.8 Å². The van der Waals surface area contributed by atoms with Gasteiger partial charge in [-0.25, -0.2) is 22.0 Å². The molecule has 0 saturated heterocycles. The third-order valence-corrected chi connectivity index (χ3v) is 4.05. The molecule has 0 atom stereocenters. The van der Waals surface area contributed by atoms with Crippen LogP contribution in [-0.4, -0.2) is 0 Å². The van der Waals surface area contributed by atoms with Crippen molar-refractivity contribution in [3.8, 4) is 0 Å². The fourth-order valence-corrected chi connectivity index (χ4v) is 2.71. The smallest absolute Gasteiger partial charge is 0.203 e. The predicted octanol–water partition coefficient (Wildman–Crippen LogP) is 6.42. The third kappa shape index (κ3) is 2.64. The molecule has 9 heteroatoms. The topological polar surface area (TPSA) is 0 Å². The van der Waals surface area contributed by atoms with Crippen molar-refractivity contribution in [2.75, 3.05) is 0 Å². The van der Waals surface area contributed by atoms with Gasteiger partial charge < -0.3 is 0 Å². The number of benzene rings is 3. The zero-order valence-corrected chi connectivity index (χ0v) is 12.9. The summed E-state index contributed by atoms with van der Waals surface area (Å²) in [6.07, 6.45) is 0. The molecule has 0 aromatic heterocycles. The van der Waals surface area contributed by atoms with Gasteiger partial charge in [-0.1, -0.05) is 42.5 Å². The average Bonchev–Trinajstić information content (AvgIpc) is 2.64. The zero-order valence-electron chi connectivity index (χ0n) is 12.9. The molecule has 0 heterocycles. The number of rotatable bonds is 3. The maximum atomic E-state index is 14.7. The van der Waals surface area contributed by atoms with Gasteiger partial charge in [-0.2, -0.15) is 17.6 Å². The van der Waals surface area contributed by atoms with Crippen LogP contribution in [0.5, 0.6) is 0 Å². The minimum absolute atomic E-state index is 0.114. The SMILES string of the molecule is Fc1c(F)c(F)c(C(F)(F)C(F)(F)c2cccc3ccccc23)c(F)c1F. The van der Waals surface area contributed by atoms with Crippen LogP contribution in [-0.2, 0) is 11.8 Å². The standard InChI is InChI=1S/C18H7F9/c19-12-11(13(20)15(22)16(23)14(12)21)18(26,27)17(24,25)10-7-3-5-8-4-1-2-6-9(8)10/h1-7H. The Hall–Kier alpha value is -2.71. The Kier molecular flexibility index (Phi) is 4.36. The van der Waals surface area contributed by atoms with Crippen molar-refractivity contribution in [3.63, 3.8) is 0 Å². The first-order chi connectivity index (χ1) is 12.5. The zero-order chi connectivity index (χ0) is 20.1. The van der Waals surface area contributed by atoms with Crippen molar-refractivity contribution in [2.24, 2.45) is 0 Å². The number of halogens is 9. The molecule has 0 radical (unpaired) electrons. The van der Waals surface area contributed by atoms with Crippen molar-refractivity contribution >= 4 is 10.8 Å². The normalized spacial score (nSPS) is 12.6. The second-order valence-corrected chi connectivity index (χ2v) is 5.62. The average molecular weight is 394 g/mol. The Labute approximate surface area is 145 Å². The van der Waals surface area contributed by atoms with Gasteiger partial charge in [-0.05, 0) is 10.8 Å². The molecule has 0 nitrogen and oxygen atoms in total. The van der Waals surface area contributed by atoms with Crippen LogP contribution in [0.4, 0.5) is 39.5 Å². The molecular weight excluding hydrogens is 387 g/mol. The number of alkyl halides is 4. The quantitative estimate of drug-likeness (QED) is 0.273. The highest BCUT2D eigenvalue weighted by atomic mass is 19.3. The number of hydrogen-bond donors (Lipinski definition) is 0. The molecule has 0 fully saturated rings. The lowest BCUT2D eigenvalue weighted by Gasteiger charge is -2.28. The summed E-state index contributed by atoms with van der Waals surface area (Å²) < 4.78 is 125. The maximum absolute atomic E-state index is 14.7. The monoisotopic (exact) mass is 394 g/mol. The van der Waals surface area contributed by atoms with Crippen LogP contribution >= 0.6 is 0 Å². The van der Waals surface area contributed by atoms with Crippen molar-refractivity contribution in [3.05, 3.63) is 82.7 Å². The maximum Gasteiger partial charge on any atom is 0.345 e. The van der Waals surface area contributed by atoms with Gasteiger partial charge in [-0.15, -0.1) is 0 Å². The Balaban J connectivity index is 2.31. The molecule has 0 aliphatic carbocycles. The van der Waals surface area contributed by atoms with Crippen molar-refractivity contribution in [1.29, 1.82) is 0 Å². The lowest BCUT2D eigenvalue weighted by atomic mass is 9.91. The summed E-state index contributed by atoms with van der Waals surface area (Å²) in [6.45, 7) is 0. The lowest BCUT2D eigenvalue weighted by molar-refractivity contribution is -0.226. The predicted molar refractivity (Wildman–Crippen MR) is 78.0 cm³/mol. The summed E-state index contributed by atoms with van der Waals surface area (Å²) in [5.41, 5.74) is -4.22. The van der Waals surface area contributed by atoms with Crippen LogP contribution in [0, 0.1) is 29.1 Å². The highest BCUT2D eigenvalue weighted by Crippen LogP contribution is 2.52. The Morgan fingerprint density at radius 3 is 1.59 bits per heavy atom. The first-order valence-electron chi connectivity index (χ1n) is 7.27. The molecule has 0 amide bonds. The summed E-state index contributed by atoms with van der Waals surface area (Å²) in [6, 6.07) is 8.00. The van der Waals surface area contributed by atoms with E-state index in [1.54, 1.807) is 0 Å². The molecule has 0 spiro atoms. The summed E-state index contributed by atoms with van der Waals surface area (Å²) in [7, 11) is 0. The molecular formula is C18H7F9. The molecule has 27 heavy (non-hydrogen) atoms. The van der Waals surface area contributed by atoms with E-state index in [2.05, 4.69) is 0 Å². The summed E-state index contributed by atoms with van der Waals surface area (Å²) in [5.74, 6) is -25.3. The fraction of sp³-hybridized carbons (Fsp3) is 0.111. The van der Waals surface area contributed by atoms with Crippen LogP contribution in [0.2, 0.25) is 0 Å². The molecule has 3 aromatic carbocycles. The van der Waals surface area contributed by atoms with Crippen LogP contribution in [0.25, 0.3) is 10.8 Å². The van der Waals surface area contributed by atoms with Gasteiger partial charge in [0.15, 0.2) is 23.3 Å². The molecule has 0 saturated carbocycles. The van der Waals surface area contributed by atoms with E-state index in [9.17, 15) is 39.5 Å². The van der Waals surface area contributed by atoms with Crippen LogP contribution in [0.3, 0.4) is 0 Å². The second-order valence-electron chi connectivity index (χ2n) is 5.62. The van der Waals surface area contributed by atoms with Gasteiger partial charge in [-0.3, -0.25) is 0 Å². The van der Waals surface area contributed by atoms with Crippen molar-refractivity contribution in [1.82, 2.24) is 0 Å². The Morgan fingerprint density at radius 2 is 1.00 bits per heavy atom. The van der Waals surface area contributed by atoms with Gasteiger partial charge in [0.25, 0.3) is 0 Å². The van der Waals surface area contributed by atoms with Crippen molar-refractivity contribution in [2.45, 2.75) is 11.8 Å². The molecule has 142 valence electrons. The second kappa shape index (κ2) is 6.17. The molecule has 0 bridgehead atoms. The summed E-state index contributed by atoms with van der Waals surface area (Å²) in [4.78, 5) is 0. The fourth-order valence-electron chi connectivity index (χ4n) is 2.71. The van der Waals surface area contributed by atoms with E-state index in [4.69, 9.17) is 0 Å². The van der Waals surface area contributed by atoms with E-state index in [0.717, 1.165) is 12.1 Å². The first kappa shape index (κ1) is 19.1. The van der Waals surface area contributed by atoms with Crippen LogP contribution < -0.4 is 0 Å². The van der Waals surface area contributed by atoms with Crippen molar-refractivity contribution < 1.29 is 39.5 Å². The minimum Gasteiger partial charge on any atom is -0.203 e. The molecule has 0 unspecified atom stereocenters. The van der Waals surface area contributed by atoms with Gasteiger partial charge in [0.2, 0.25) is 5.82 Å². The molecule has 3 rings (SSSR count). The van der Waals surface area contributed by atoms with E-state index in [1.165, 1.54) is 24.3 Å². The molecule has 3 aromatic rings. The summed E-state index contributed by atoms with van der Waals surface area (Å²) in [5, 5.41) is -0.253. The summed E-state index contributed by atoms with van der Waals surface area (Å²) >= 11 is 0. The number of fused-ring (bicyclic) bond motifs is 1. The van der Waals surface area contributed by atoms with E-state index in [0.29, 0.717) is 6.07 Å². The van der Waals surface area contributed by atoms with Gasteiger partial charge >= 0.3 is 11.8 Å². The molecule has 0 aliphatic rings. The van der Waals surface area contributed by atoms with Crippen LogP contribution in [0.1, 0.15) is 11.1 Å². The third-order valence-electron chi connectivity index (χ3n) is 4.05. The largest absolute Gasteiger partial charge is 0.345 e. The van der Waals surface area contributed by atoms with E-state index in [1.807, 2.05) is 0 Å². The van der Waals surface area contributed by atoms with Gasteiger partial charge in [0, 0.05) is 5.56 Å². The van der Waals surface area contributed by atoms with Gasteiger partial charge in [0.05, 0.1) is 0 Å². The Morgan fingerprint density at radius 1 is 0.519 bits per heavy atom.